The van der Waals surface area contributed by atoms with Gasteiger partial charge in [-0.2, -0.15) is 0 Å². The molecule has 0 saturated carbocycles. The molecule has 1 aliphatic heterocycles. The lowest BCUT2D eigenvalue weighted by Gasteiger charge is -2.28. The molecule has 1 aromatic carbocycles. The topological polar surface area (TPSA) is 72.5 Å². The molecule has 126 valence electrons. The van der Waals surface area contributed by atoms with Gasteiger partial charge in [-0.05, 0) is 49.2 Å². The summed E-state index contributed by atoms with van der Waals surface area (Å²) in [5.41, 5.74) is 1.40. The Bertz CT molecular complexity index is 717. The minimum absolute atomic E-state index is 0.230. The van der Waals surface area contributed by atoms with E-state index in [-0.39, 0.29) is 6.03 Å². The van der Waals surface area contributed by atoms with Gasteiger partial charge in [0.2, 0.25) is 0 Å². The van der Waals surface area contributed by atoms with Crippen LogP contribution < -0.4 is 20.1 Å². The van der Waals surface area contributed by atoms with Gasteiger partial charge >= 0.3 is 6.03 Å². The molecule has 1 aliphatic rings. The van der Waals surface area contributed by atoms with Crippen molar-refractivity contribution in [2.75, 3.05) is 13.2 Å². The molecule has 0 bridgehead atoms. The summed E-state index contributed by atoms with van der Waals surface area (Å²) in [4.78, 5) is 16.2. The molecule has 0 unspecified atom stereocenters. The number of urea groups is 1. The number of hydrogen-bond donors (Lipinski definition) is 2. The summed E-state index contributed by atoms with van der Waals surface area (Å²) in [6.07, 6.45) is 3.40. The highest BCUT2D eigenvalue weighted by molar-refractivity contribution is 5.75. The summed E-state index contributed by atoms with van der Waals surface area (Å²) < 4.78 is 11.1. The minimum atomic E-state index is -0.543. The van der Waals surface area contributed by atoms with Crippen molar-refractivity contribution in [2.24, 2.45) is 0 Å². The second kappa shape index (κ2) is 6.78. The molecule has 0 saturated heterocycles. The first kappa shape index (κ1) is 16.1. The van der Waals surface area contributed by atoms with Crippen LogP contribution >= 0.6 is 0 Å². The number of nitrogens with zero attached hydrogens (tertiary/aromatic N) is 1. The Morgan fingerprint density at radius 2 is 1.83 bits per heavy atom. The Morgan fingerprint density at radius 1 is 1.12 bits per heavy atom. The summed E-state index contributed by atoms with van der Waals surface area (Å²) in [5, 5.41) is 5.84. The molecule has 2 heterocycles. The second-order valence-electron chi connectivity index (χ2n) is 6.15. The van der Waals surface area contributed by atoms with Crippen molar-refractivity contribution in [1.82, 2.24) is 15.6 Å². The van der Waals surface area contributed by atoms with Crippen LogP contribution in [-0.4, -0.2) is 24.2 Å². The van der Waals surface area contributed by atoms with E-state index in [9.17, 15) is 4.79 Å². The van der Waals surface area contributed by atoms with E-state index in [1.807, 2.05) is 44.2 Å². The lowest BCUT2D eigenvalue weighted by molar-refractivity contribution is 0.171. The number of hydrogen-bond acceptors (Lipinski definition) is 4. The molecular weight excluding hydrogens is 306 g/mol. The third-order valence-electron chi connectivity index (χ3n) is 3.89. The zero-order valence-electron chi connectivity index (χ0n) is 13.8. The number of rotatable bonds is 4. The lowest BCUT2D eigenvalue weighted by atomic mass is 9.94. The van der Waals surface area contributed by atoms with Crippen LogP contribution in [0.5, 0.6) is 11.5 Å². The van der Waals surface area contributed by atoms with Gasteiger partial charge < -0.3 is 20.1 Å². The minimum Gasteiger partial charge on any atom is -0.486 e. The van der Waals surface area contributed by atoms with E-state index < -0.39 is 5.54 Å². The van der Waals surface area contributed by atoms with Gasteiger partial charge in [0.1, 0.15) is 13.2 Å². The molecule has 3 rings (SSSR count). The Balaban J connectivity index is 1.63. The van der Waals surface area contributed by atoms with Crippen LogP contribution in [0.1, 0.15) is 25.0 Å². The van der Waals surface area contributed by atoms with Gasteiger partial charge in [0, 0.05) is 18.9 Å². The number of benzene rings is 1. The van der Waals surface area contributed by atoms with Crippen molar-refractivity contribution < 1.29 is 14.3 Å². The number of ether oxygens (including phenoxy) is 2. The van der Waals surface area contributed by atoms with Gasteiger partial charge in [-0.25, -0.2) is 4.79 Å². The largest absolute Gasteiger partial charge is 0.486 e. The highest BCUT2D eigenvalue weighted by Gasteiger charge is 2.25. The van der Waals surface area contributed by atoms with E-state index in [1.165, 1.54) is 0 Å². The molecule has 0 aliphatic carbocycles. The average Bonchev–Trinajstić information content (AvgIpc) is 2.60. The predicted molar refractivity (Wildman–Crippen MR) is 90.1 cm³/mol. The monoisotopic (exact) mass is 327 g/mol. The fourth-order valence-corrected chi connectivity index (χ4v) is 2.52. The maximum atomic E-state index is 12.2. The number of fused-ring (bicyclic) bond motifs is 1. The van der Waals surface area contributed by atoms with Gasteiger partial charge in [-0.1, -0.05) is 6.07 Å². The van der Waals surface area contributed by atoms with Crippen molar-refractivity contribution in [2.45, 2.75) is 25.9 Å². The van der Waals surface area contributed by atoms with E-state index >= 15 is 0 Å². The number of carbonyl (C=O) groups excluding carboxylic acids is 1. The van der Waals surface area contributed by atoms with Gasteiger partial charge in [-0.3, -0.25) is 4.98 Å². The van der Waals surface area contributed by atoms with Crippen LogP contribution in [0.3, 0.4) is 0 Å². The Morgan fingerprint density at radius 3 is 2.58 bits per heavy atom. The molecule has 0 atom stereocenters. The zero-order valence-corrected chi connectivity index (χ0v) is 13.8. The van der Waals surface area contributed by atoms with Gasteiger partial charge in [-0.15, -0.1) is 0 Å². The van der Waals surface area contributed by atoms with Gasteiger partial charge in [0.25, 0.3) is 0 Å². The fourth-order valence-electron chi connectivity index (χ4n) is 2.52. The van der Waals surface area contributed by atoms with E-state index in [1.54, 1.807) is 12.4 Å². The summed E-state index contributed by atoms with van der Waals surface area (Å²) in [7, 11) is 0. The van der Waals surface area contributed by atoms with Crippen molar-refractivity contribution >= 4 is 6.03 Å². The zero-order chi connectivity index (χ0) is 17.0. The molecule has 24 heavy (non-hydrogen) atoms. The van der Waals surface area contributed by atoms with E-state index in [0.29, 0.717) is 25.5 Å². The van der Waals surface area contributed by atoms with E-state index in [4.69, 9.17) is 9.47 Å². The van der Waals surface area contributed by atoms with Crippen molar-refractivity contribution in [1.29, 1.82) is 0 Å². The van der Waals surface area contributed by atoms with Gasteiger partial charge in [0.05, 0.1) is 5.54 Å². The SMILES string of the molecule is CC(C)(NC(=O)NCc1ccncc1)c1ccc2c(c1)OCCO2. The van der Waals surface area contributed by atoms with Crippen molar-refractivity contribution in [3.8, 4) is 11.5 Å². The van der Waals surface area contributed by atoms with Crippen molar-refractivity contribution in [3.63, 3.8) is 0 Å². The molecule has 2 N–H and O–H groups in total. The molecular formula is C18H21N3O3. The molecule has 6 heteroatoms. The summed E-state index contributed by atoms with van der Waals surface area (Å²) in [6.45, 7) is 5.45. The van der Waals surface area contributed by atoms with Crippen LogP contribution in [0.4, 0.5) is 4.79 Å². The highest BCUT2D eigenvalue weighted by atomic mass is 16.6. The van der Waals surface area contributed by atoms with Crippen molar-refractivity contribution in [3.05, 3.63) is 53.9 Å². The molecule has 0 radical (unpaired) electrons. The normalized spacial score (nSPS) is 13.2. The quantitative estimate of drug-likeness (QED) is 0.905. The fraction of sp³-hybridized carbons (Fsp3) is 0.333. The lowest BCUT2D eigenvalue weighted by Crippen LogP contribution is -2.46. The van der Waals surface area contributed by atoms with Crippen LogP contribution in [0.2, 0.25) is 0 Å². The summed E-state index contributed by atoms with van der Waals surface area (Å²) >= 11 is 0. The molecule has 0 spiro atoms. The maximum Gasteiger partial charge on any atom is 0.315 e. The second-order valence-corrected chi connectivity index (χ2v) is 6.15. The molecule has 0 fully saturated rings. The highest BCUT2D eigenvalue weighted by Crippen LogP contribution is 2.34. The third-order valence-corrected chi connectivity index (χ3v) is 3.89. The third kappa shape index (κ3) is 3.76. The first-order valence-electron chi connectivity index (χ1n) is 7.90. The first-order chi connectivity index (χ1) is 11.5. The number of pyridine rings is 1. The number of nitrogens with one attached hydrogen (secondary N) is 2. The standard InChI is InChI=1S/C18H21N3O3/c1-18(2,14-3-4-15-16(11-14)24-10-9-23-15)21-17(22)20-12-13-5-7-19-8-6-13/h3-8,11H,9-10,12H2,1-2H3,(H2,20,21,22). The van der Waals surface area contributed by atoms with Crippen LogP contribution in [-0.2, 0) is 12.1 Å². The number of amides is 2. The van der Waals surface area contributed by atoms with Crippen LogP contribution in [0.25, 0.3) is 0 Å². The Hall–Kier alpha value is -2.76. The smallest absolute Gasteiger partial charge is 0.315 e. The first-order valence-corrected chi connectivity index (χ1v) is 7.90. The number of aromatic nitrogens is 1. The summed E-state index contributed by atoms with van der Waals surface area (Å²) in [6, 6.07) is 9.24. The summed E-state index contributed by atoms with van der Waals surface area (Å²) in [5.74, 6) is 1.45. The molecule has 2 amide bonds. The number of carbonyl (C=O) groups is 1. The van der Waals surface area contributed by atoms with E-state index in [2.05, 4.69) is 15.6 Å². The maximum absolute atomic E-state index is 12.2. The average molecular weight is 327 g/mol. The van der Waals surface area contributed by atoms with E-state index in [0.717, 1.165) is 16.9 Å². The Labute approximate surface area is 141 Å². The molecule has 6 nitrogen and oxygen atoms in total. The van der Waals surface area contributed by atoms with Crippen LogP contribution in [0.15, 0.2) is 42.7 Å². The van der Waals surface area contributed by atoms with Gasteiger partial charge in [0.15, 0.2) is 11.5 Å². The molecule has 2 aromatic rings. The molecule has 1 aromatic heterocycles. The predicted octanol–water partition coefficient (Wildman–Crippen LogP) is 2.59. The van der Waals surface area contributed by atoms with Crippen LogP contribution in [0, 0.1) is 0 Å². The Kier molecular flexibility index (Phi) is 4.55.